The summed E-state index contributed by atoms with van der Waals surface area (Å²) in [6, 6.07) is 0. The smallest absolute Gasteiger partial charge is 0.0702 e. The maximum absolute atomic E-state index is 5.71. The number of ether oxygens (including phenoxy) is 1. The van der Waals surface area contributed by atoms with Crippen molar-refractivity contribution in [2.24, 2.45) is 5.41 Å². The summed E-state index contributed by atoms with van der Waals surface area (Å²) in [7, 11) is 0. The van der Waals surface area contributed by atoms with E-state index >= 15 is 0 Å². The maximum Gasteiger partial charge on any atom is 0.0702 e. The second-order valence-electron chi connectivity index (χ2n) is 6.77. The molecule has 2 rings (SSSR count). The van der Waals surface area contributed by atoms with Gasteiger partial charge in [0.2, 0.25) is 0 Å². The molecular weight excluding hydrogens is 212 g/mol. The second kappa shape index (κ2) is 5.68. The van der Waals surface area contributed by atoms with E-state index in [1.807, 2.05) is 0 Å². The van der Waals surface area contributed by atoms with Crippen molar-refractivity contribution in [1.29, 1.82) is 0 Å². The summed E-state index contributed by atoms with van der Waals surface area (Å²) in [6.07, 6.45) is 3.04. The van der Waals surface area contributed by atoms with Crippen LogP contribution in [0, 0.1) is 5.41 Å². The molecule has 100 valence electrons. The van der Waals surface area contributed by atoms with Crippen LogP contribution >= 0.6 is 0 Å². The molecule has 3 nitrogen and oxygen atoms in total. The fourth-order valence-electron chi connectivity index (χ4n) is 2.88. The van der Waals surface area contributed by atoms with E-state index in [2.05, 4.69) is 30.6 Å². The SMILES string of the molecule is CC(C)(C)CN1CCN(CC2CCCO2)CC1. The van der Waals surface area contributed by atoms with Crippen molar-refractivity contribution in [2.75, 3.05) is 45.9 Å². The monoisotopic (exact) mass is 240 g/mol. The topological polar surface area (TPSA) is 15.7 Å². The highest BCUT2D eigenvalue weighted by molar-refractivity contribution is 4.78. The van der Waals surface area contributed by atoms with Crippen LogP contribution in [0.25, 0.3) is 0 Å². The highest BCUT2D eigenvalue weighted by Gasteiger charge is 2.24. The molecule has 2 heterocycles. The van der Waals surface area contributed by atoms with Gasteiger partial charge in [0.25, 0.3) is 0 Å². The van der Waals surface area contributed by atoms with Crippen LogP contribution in [-0.2, 0) is 4.74 Å². The summed E-state index contributed by atoms with van der Waals surface area (Å²) >= 11 is 0. The minimum absolute atomic E-state index is 0.427. The largest absolute Gasteiger partial charge is 0.377 e. The molecule has 2 aliphatic heterocycles. The molecule has 2 fully saturated rings. The molecule has 0 spiro atoms. The number of nitrogens with zero attached hydrogens (tertiary/aromatic N) is 2. The van der Waals surface area contributed by atoms with E-state index in [4.69, 9.17) is 4.74 Å². The Hall–Kier alpha value is -0.120. The first-order valence-corrected chi connectivity index (χ1v) is 7.09. The third-order valence-electron chi connectivity index (χ3n) is 3.65. The fraction of sp³-hybridized carbons (Fsp3) is 1.00. The fourth-order valence-corrected chi connectivity index (χ4v) is 2.88. The zero-order valence-electron chi connectivity index (χ0n) is 11.7. The summed E-state index contributed by atoms with van der Waals surface area (Å²) in [6.45, 7) is 15.2. The molecule has 1 unspecified atom stereocenters. The van der Waals surface area contributed by atoms with Crippen LogP contribution in [0.5, 0.6) is 0 Å². The van der Waals surface area contributed by atoms with Crippen molar-refractivity contribution in [1.82, 2.24) is 9.80 Å². The summed E-state index contributed by atoms with van der Waals surface area (Å²) in [5.41, 5.74) is 0.427. The van der Waals surface area contributed by atoms with Crippen LogP contribution < -0.4 is 0 Å². The molecule has 0 aromatic heterocycles. The Bertz CT molecular complexity index is 223. The van der Waals surface area contributed by atoms with Crippen LogP contribution in [0.15, 0.2) is 0 Å². The van der Waals surface area contributed by atoms with Crippen LogP contribution in [0.1, 0.15) is 33.6 Å². The number of rotatable bonds is 3. The summed E-state index contributed by atoms with van der Waals surface area (Å²) in [5.74, 6) is 0. The first-order valence-electron chi connectivity index (χ1n) is 7.09. The summed E-state index contributed by atoms with van der Waals surface area (Å²) in [4.78, 5) is 5.18. The molecule has 3 heteroatoms. The molecule has 0 amide bonds. The zero-order chi connectivity index (χ0) is 12.3. The van der Waals surface area contributed by atoms with Crippen molar-refractivity contribution >= 4 is 0 Å². The average molecular weight is 240 g/mol. The minimum Gasteiger partial charge on any atom is -0.377 e. The van der Waals surface area contributed by atoms with Crippen molar-refractivity contribution < 1.29 is 4.74 Å². The second-order valence-corrected chi connectivity index (χ2v) is 6.77. The normalized spacial score (nSPS) is 28.8. The summed E-state index contributed by atoms with van der Waals surface area (Å²) < 4.78 is 5.71. The first-order chi connectivity index (χ1) is 8.03. The highest BCUT2D eigenvalue weighted by atomic mass is 16.5. The molecule has 0 aliphatic carbocycles. The average Bonchev–Trinajstić information content (AvgIpc) is 2.71. The third-order valence-corrected chi connectivity index (χ3v) is 3.65. The van der Waals surface area contributed by atoms with E-state index in [9.17, 15) is 0 Å². The van der Waals surface area contributed by atoms with Crippen molar-refractivity contribution in [3.05, 3.63) is 0 Å². The van der Waals surface area contributed by atoms with E-state index in [1.54, 1.807) is 0 Å². The van der Waals surface area contributed by atoms with E-state index < -0.39 is 0 Å². The molecule has 0 N–H and O–H groups in total. The molecule has 0 aromatic rings. The third kappa shape index (κ3) is 4.57. The van der Waals surface area contributed by atoms with Gasteiger partial charge in [0, 0.05) is 45.9 Å². The van der Waals surface area contributed by atoms with Crippen molar-refractivity contribution in [2.45, 2.75) is 39.7 Å². The lowest BCUT2D eigenvalue weighted by Gasteiger charge is -2.38. The lowest BCUT2D eigenvalue weighted by atomic mass is 9.96. The predicted octanol–water partition coefficient (Wildman–Crippen LogP) is 1.83. The molecule has 2 saturated heterocycles. The Kier molecular flexibility index (Phi) is 4.45. The quantitative estimate of drug-likeness (QED) is 0.748. The lowest BCUT2D eigenvalue weighted by molar-refractivity contribution is 0.0435. The number of piperazine rings is 1. The van der Waals surface area contributed by atoms with Gasteiger partial charge >= 0.3 is 0 Å². The molecule has 1 atom stereocenters. The summed E-state index contributed by atoms with van der Waals surface area (Å²) in [5, 5.41) is 0. The van der Waals surface area contributed by atoms with E-state index in [0.29, 0.717) is 11.5 Å². The van der Waals surface area contributed by atoms with Crippen LogP contribution in [0.4, 0.5) is 0 Å². The highest BCUT2D eigenvalue weighted by Crippen LogP contribution is 2.18. The Morgan fingerprint density at radius 2 is 1.71 bits per heavy atom. The van der Waals surface area contributed by atoms with Gasteiger partial charge in [-0.3, -0.25) is 4.90 Å². The Morgan fingerprint density at radius 3 is 2.24 bits per heavy atom. The molecular formula is C14H28N2O. The first kappa shape index (κ1) is 13.3. The predicted molar refractivity (Wildman–Crippen MR) is 71.3 cm³/mol. The molecule has 0 saturated carbocycles. The van der Waals surface area contributed by atoms with Crippen LogP contribution in [0.3, 0.4) is 0 Å². The molecule has 0 radical (unpaired) electrons. The van der Waals surface area contributed by atoms with Gasteiger partial charge in [0.1, 0.15) is 0 Å². The van der Waals surface area contributed by atoms with E-state index in [1.165, 1.54) is 45.6 Å². The molecule has 17 heavy (non-hydrogen) atoms. The zero-order valence-corrected chi connectivity index (χ0v) is 11.7. The van der Waals surface area contributed by atoms with Crippen molar-refractivity contribution in [3.8, 4) is 0 Å². The van der Waals surface area contributed by atoms with Gasteiger partial charge in [0.05, 0.1) is 6.10 Å². The maximum atomic E-state index is 5.71. The number of hydrogen-bond donors (Lipinski definition) is 0. The van der Waals surface area contributed by atoms with Gasteiger partial charge in [0.15, 0.2) is 0 Å². The minimum atomic E-state index is 0.427. The molecule has 0 aromatic carbocycles. The standard InChI is InChI=1S/C14H28N2O/c1-14(2,3)12-16-8-6-15(7-9-16)11-13-5-4-10-17-13/h13H,4-12H2,1-3H3. The molecule has 0 bridgehead atoms. The van der Waals surface area contributed by atoms with Gasteiger partial charge in [-0.2, -0.15) is 0 Å². The molecule has 2 aliphatic rings. The van der Waals surface area contributed by atoms with E-state index in [-0.39, 0.29) is 0 Å². The van der Waals surface area contributed by atoms with Gasteiger partial charge in [-0.15, -0.1) is 0 Å². The van der Waals surface area contributed by atoms with Gasteiger partial charge < -0.3 is 9.64 Å². The van der Waals surface area contributed by atoms with Gasteiger partial charge in [-0.1, -0.05) is 20.8 Å². The Morgan fingerprint density at radius 1 is 1.06 bits per heavy atom. The van der Waals surface area contributed by atoms with Crippen LogP contribution in [-0.4, -0.2) is 61.8 Å². The van der Waals surface area contributed by atoms with Gasteiger partial charge in [-0.25, -0.2) is 0 Å². The Balaban J connectivity index is 1.67. The van der Waals surface area contributed by atoms with Crippen molar-refractivity contribution in [3.63, 3.8) is 0 Å². The van der Waals surface area contributed by atoms with E-state index in [0.717, 1.165) is 13.2 Å². The number of hydrogen-bond acceptors (Lipinski definition) is 3. The Labute approximate surface area is 106 Å². The lowest BCUT2D eigenvalue weighted by Crippen LogP contribution is -2.50. The van der Waals surface area contributed by atoms with Gasteiger partial charge in [-0.05, 0) is 18.3 Å². The van der Waals surface area contributed by atoms with Crippen LogP contribution in [0.2, 0.25) is 0 Å².